The smallest absolute Gasteiger partial charge is 0.177 e. The lowest BCUT2D eigenvalue weighted by Gasteiger charge is -2.03. The Morgan fingerprint density at radius 2 is 1.94 bits per heavy atom. The van der Waals surface area contributed by atoms with E-state index < -0.39 is 0 Å². The van der Waals surface area contributed by atoms with Crippen molar-refractivity contribution in [2.45, 2.75) is 20.3 Å². The van der Waals surface area contributed by atoms with Crippen molar-refractivity contribution in [1.29, 1.82) is 0 Å². The average molecular weight is 299 g/mol. The Hall–Kier alpha value is -0.830. The number of thiophene rings is 1. The van der Waals surface area contributed by atoms with Crippen LogP contribution in [0.2, 0.25) is 10.0 Å². The summed E-state index contributed by atoms with van der Waals surface area (Å²) in [6.45, 7) is 4.03. The van der Waals surface area contributed by atoms with Crippen molar-refractivity contribution in [2.75, 3.05) is 0 Å². The van der Waals surface area contributed by atoms with Crippen molar-refractivity contribution in [2.24, 2.45) is 0 Å². The zero-order chi connectivity index (χ0) is 13.3. The van der Waals surface area contributed by atoms with E-state index in [0.29, 0.717) is 16.5 Å². The zero-order valence-corrected chi connectivity index (χ0v) is 12.4. The van der Waals surface area contributed by atoms with Crippen LogP contribution in [0.4, 0.5) is 0 Å². The number of aryl methyl sites for hydroxylation is 2. The van der Waals surface area contributed by atoms with Gasteiger partial charge in [0.25, 0.3) is 0 Å². The average Bonchev–Trinajstić information content (AvgIpc) is 2.63. The minimum atomic E-state index is 0.0976. The maximum Gasteiger partial charge on any atom is 0.177 e. The Kier molecular flexibility index (Phi) is 4.10. The standard InChI is InChI=1S/C14H12Cl2OS/c1-8-5-14(18-9(8)2)13(17)6-10-3-4-11(15)7-12(10)16/h3-5,7H,6H2,1-2H3. The molecule has 1 nitrogen and oxygen atoms in total. The van der Waals surface area contributed by atoms with Gasteiger partial charge >= 0.3 is 0 Å². The van der Waals surface area contributed by atoms with Crippen LogP contribution in [0.25, 0.3) is 0 Å². The Bertz CT molecular complexity index is 582. The van der Waals surface area contributed by atoms with E-state index in [-0.39, 0.29) is 5.78 Å². The summed E-state index contributed by atoms with van der Waals surface area (Å²) in [4.78, 5) is 14.1. The third-order valence-corrected chi connectivity index (χ3v) is 4.59. The van der Waals surface area contributed by atoms with E-state index in [9.17, 15) is 4.79 Å². The molecule has 2 aromatic rings. The first-order chi connectivity index (χ1) is 8.47. The topological polar surface area (TPSA) is 17.1 Å². The molecule has 18 heavy (non-hydrogen) atoms. The van der Waals surface area contributed by atoms with Crippen LogP contribution in [0.3, 0.4) is 0 Å². The maximum atomic E-state index is 12.1. The summed E-state index contributed by atoms with van der Waals surface area (Å²) < 4.78 is 0. The van der Waals surface area contributed by atoms with Crippen LogP contribution >= 0.6 is 34.5 Å². The summed E-state index contributed by atoms with van der Waals surface area (Å²) in [6, 6.07) is 7.15. The van der Waals surface area contributed by atoms with E-state index >= 15 is 0 Å². The lowest BCUT2D eigenvalue weighted by atomic mass is 10.1. The van der Waals surface area contributed by atoms with Crippen molar-refractivity contribution in [1.82, 2.24) is 0 Å². The molecule has 0 amide bonds. The third kappa shape index (κ3) is 2.94. The highest BCUT2D eigenvalue weighted by atomic mass is 35.5. The fourth-order valence-electron chi connectivity index (χ4n) is 1.64. The van der Waals surface area contributed by atoms with Gasteiger partial charge < -0.3 is 0 Å². The van der Waals surface area contributed by atoms with Gasteiger partial charge in [-0.1, -0.05) is 29.3 Å². The molecular formula is C14H12Cl2OS. The quantitative estimate of drug-likeness (QED) is 0.721. The zero-order valence-electron chi connectivity index (χ0n) is 10.1. The lowest BCUT2D eigenvalue weighted by Crippen LogP contribution is -2.01. The molecule has 0 spiro atoms. The fraction of sp³-hybridized carbons (Fsp3) is 0.214. The summed E-state index contributed by atoms with van der Waals surface area (Å²) in [5.41, 5.74) is 1.97. The Morgan fingerprint density at radius 3 is 2.50 bits per heavy atom. The van der Waals surface area contributed by atoms with Gasteiger partial charge in [-0.15, -0.1) is 11.3 Å². The van der Waals surface area contributed by atoms with Gasteiger partial charge in [-0.05, 0) is 43.2 Å². The number of Topliss-reactive ketones (excluding diaryl/α,β-unsaturated/α-hetero) is 1. The van der Waals surface area contributed by atoms with Gasteiger partial charge in [0.05, 0.1) is 4.88 Å². The van der Waals surface area contributed by atoms with Gasteiger partial charge in [-0.3, -0.25) is 4.79 Å². The monoisotopic (exact) mass is 298 g/mol. The van der Waals surface area contributed by atoms with Gasteiger partial charge in [0.2, 0.25) is 0 Å². The van der Waals surface area contributed by atoms with Gasteiger partial charge in [0.1, 0.15) is 0 Å². The van der Waals surface area contributed by atoms with Gasteiger partial charge in [-0.2, -0.15) is 0 Å². The number of rotatable bonds is 3. The second-order valence-corrected chi connectivity index (χ2v) is 6.29. The first kappa shape index (κ1) is 13.6. The number of hydrogen-bond donors (Lipinski definition) is 0. The van der Waals surface area contributed by atoms with Gasteiger partial charge in [0, 0.05) is 21.3 Å². The van der Waals surface area contributed by atoms with Crippen LogP contribution < -0.4 is 0 Å². The van der Waals surface area contributed by atoms with Crippen molar-refractivity contribution in [3.8, 4) is 0 Å². The molecule has 1 heterocycles. The summed E-state index contributed by atoms with van der Waals surface area (Å²) >= 11 is 13.4. The molecule has 0 saturated carbocycles. The molecular weight excluding hydrogens is 287 g/mol. The summed E-state index contributed by atoms with van der Waals surface area (Å²) in [5.74, 6) is 0.0976. The first-order valence-electron chi connectivity index (χ1n) is 5.51. The largest absolute Gasteiger partial charge is 0.293 e. The predicted molar refractivity (Wildman–Crippen MR) is 78.3 cm³/mol. The SMILES string of the molecule is Cc1cc(C(=O)Cc2ccc(Cl)cc2Cl)sc1C. The van der Waals surface area contributed by atoms with Crippen LogP contribution in [0, 0.1) is 13.8 Å². The molecule has 0 saturated heterocycles. The van der Waals surface area contributed by atoms with Crippen LogP contribution in [0.5, 0.6) is 0 Å². The summed E-state index contributed by atoms with van der Waals surface area (Å²) in [7, 11) is 0. The maximum absolute atomic E-state index is 12.1. The highest BCUT2D eigenvalue weighted by Crippen LogP contribution is 2.25. The van der Waals surface area contributed by atoms with E-state index in [0.717, 1.165) is 16.0 Å². The van der Waals surface area contributed by atoms with E-state index in [1.807, 2.05) is 19.9 Å². The Balaban J connectivity index is 2.21. The minimum absolute atomic E-state index is 0.0976. The lowest BCUT2D eigenvalue weighted by molar-refractivity contribution is 0.0997. The number of carbonyl (C=O) groups is 1. The molecule has 0 aliphatic rings. The normalized spacial score (nSPS) is 10.7. The van der Waals surface area contributed by atoms with Gasteiger partial charge in [-0.25, -0.2) is 0 Å². The van der Waals surface area contributed by atoms with E-state index in [2.05, 4.69) is 0 Å². The number of carbonyl (C=O) groups excluding carboxylic acids is 1. The molecule has 0 bridgehead atoms. The highest BCUT2D eigenvalue weighted by molar-refractivity contribution is 7.14. The molecule has 0 atom stereocenters. The fourth-order valence-corrected chi connectivity index (χ4v) is 3.08. The number of hydrogen-bond acceptors (Lipinski definition) is 2. The van der Waals surface area contributed by atoms with Crippen molar-refractivity contribution < 1.29 is 4.79 Å². The van der Waals surface area contributed by atoms with E-state index in [4.69, 9.17) is 23.2 Å². The molecule has 4 heteroatoms. The molecule has 0 N–H and O–H groups in total. The highest BCUT2D eigenvalue weighted by Gasteiger charge is 2.13. The molecule has 1 aromatic carbocycles. The van der Waals surface area contributed by atoms with E-state index in [1.165, 1.54) is 16.2 Å². The first-order valence-corrected chi connectivity index (χ1v) is 7.09. The number of ketones is 1. The van der Waals surface area contributed by atoms with Crippen LogP contribution in [0.15, 0.2) is 24.3 Å². The molecule has 1 aromatic heterocycles. The van der Waals surface area contributed by atoms with Crippen molar-refractivity contribution in [3.05, 3.63) is 55.2 Å². The van der Waals surface area contributed by atoms with Crippen LogP contribution in [-0.4, -0.2) is 5.78 Å². The van der Waals surface area contributed by atoms with E-state index in [1.54, 1.807) is 18.2 Å². The number of benzene rings is 1. The Morgan fingerprint density at radius 1 is 1.22 bits per heavy atom. The summed E-state index contributed by atoms with van der Waals surface area (Å²) in [5, 5.41) is 1.12. The van der Waals surface area contributed by atoms with Crippen molar-refractivity contribution in [3.63, 3.8) is 0 Å². The Labute approximate surface area is 120 Å². The van der Waals surface area contributed by atoms with Gasteiger partial charge in [0.15, 0.2) is 5.78 Å². The van der Waals surface area contributed by atoms with Crippen LogP contribution in [0.1, 0.15) is 25.7 Å². The molecule has 0 radical (unpaired) electrons. The second-order valence-electron chi connectivity index (χ2n) is 4.19. The molecule has 0 fully saturated rings. The number of halogens is 2. The second kappa shape index (κ2) is 5.43. The molecule has 94 valence electrons. The third-order valence-electron chi connectivity index (χ3n) is 2.81. The van der Waals surface area contributed by atoms with Crippen LogP contribution in [-0.2, 0) is 6.42 Å². The molecule has 2 rings (SSSR count). The minimum Gasteiger partial charge on any atom is -0.293 e. The molecule has 0 aliphatic carbocycles. The molecule has 0 aliphatic heterocycles. The molecule has 0 unspecified atom stereocenters. The summed E-state index contributed by atoms with van der Waals surface area (Å²) in [6.07, 6.45) is 0.315. The van der Waals surface area contributed by atoms with Crippen molar-refractivity contribution >= 4 is 40.3 Å². The predicted octanol–water partition coefficient (Wildman–Crippen LogP) is 5.10.